The first kappa shape index (κ1) is 10.4. The van der Waals surface area contributed by atoms with Gasteiger partial charge < -0.3 is 0 Å². The van der Waals surface area contributed by atoms with E-state index in [0.717, 1.165) is 17.9 Å². The maximum absolute atomic E-state index is 4.34. The lowest BCUT2D eigenvalue weighted by Crippen LogP contribution is -2.03. The molecular weight excluding hydrogens is 134 g/mol. The molecule has 1 nitrogen and oxygen atoms in total. The number of allylic oxidation sites excluding steroid dienone is 1. The third-order valence-corrected chi connectivity index (χ3v) is 1.36. The average Bonchev–Trinajstić information content (AvgIpc) is 1.82. The summed E-state index contributed by atoms with van der Waals surface area (Å²) in [4.78, 5) is 4.34. The molecule has 0 N–H and O–H groups in total. The van der Waals surface area contributed by atoms with E-state index in [1.165, 1.54) is 0 Å². The Morgan fingerprint density at radius 2 is 2.00 bits per heavy atom. The van der Waals surface area contributed by atoms with E-state index >= 15 is 0 Å². The van der Waals surface area contributed by atoms with Gasteiger partial charge in [0.05, 0.1) is 0 Å². The molecule has 1 heteroatoms. The SMILES string of the molecule is C=C(C)C=N[C@@H](C)CC(C)C. The average molecular weight is 153 g/mol. The Bertz CT molecular complexity index is 145. The number of nitrogens with zero attached hydrogens (tertiary/aromatic N) is 1. The summed E-state index contributed by atoms with van der Waals surface area (Å²) in [5.41, 5.74) is 1.03. The van der Waals surface area contributed by atoms with Crippen molar-refractivity contribution in [3.8, 4) is 0 Å². The van der Waals surface area contributed by atoms with Gasteiger partial charge in [-0.3, -0.25) is 4.99 Å². The summed E-state index contributed by atoms with van der Waals surface area (Å²) in [5.74, 6) is 0.729. The lowest BCUT2D eigenvalue weighted by Gasteiger charge is -2.08. The Morgan fingerprint density at radius 3 is 2.36 bits per heavy atom. The summed E-state index contributed by atoms with van der Waals surface area (Å²) in [7, 11) is 0. The van der Waals surface area contributed by atoms with E-state index in [4.69, 9.17) is 0 Å². The standard InChI is InChI=1S/C10H19N/c1-8(2)6-10(5)11-7-9(3)4/h7-8,10H,3,6H2,1-2,4-5H3/t10-/m0/s1. The Labute approximate surface area is 70.2 Å². The first-order chi connectivity index (χ1) is 5.02. The van der Waals surface area contributed by atoms with Gasteiger partial charge in [-0.25, -0.2) is 0 Å². The second-order valence-corrected chi connectivity index (χ2v) is 3.60. The van der Waals surface area contributed by atoms with Gasteiger partial charge in [0, 0.05) is 12.3 Å². The molecule has 64 valence electrons. The molecule has 11 heavy (non-hydrogen) atoms. The first-order valence-electron chi connectivity index (χ1n) is 4.21. The Hall–Kier alpha value is -0.590. The molecule has 0 radical (unpaired) electrons. The van der Waals surface area contributed by atoms with E-state index in [9.17, 15) is 0 Å². The third kappa shape index (κ3) is 7.31. The summed E-state index contributed by atoms with van der Waals surface area (Å²) in [5, 5.41) is 0. The van der Waals surface area contributed by atoms with Crippen LogP contribution in [0.25, 0.3) is 0 Å². The highest BCUT2D eigenvalue weighted by Gasteiger charge is 2.00. The lowest BCUT2D eigenvalue weighted by atomic mass is 10.1. The van der Waals surface area contributed by atoms with E-state index in [-0.39, 0.29) is 0 Å². The molecule has 0 fully saturated rings. The molecule has 0 unspecified atom stereocenters. The van der Waals surface area contributed by atoms with Crippen LogP contribution in [0.3, 0.4) is 0 Å². The van der Waals surface area contributed by atoms with Crippen LogP contribution in [-0.4, -0.2) is 12.3 Å². The highest BCUT2D eigenvalue weighted by atomic mass is 14.7. The first-order valence-corrected chi connectivity index (χ1v) is 4.21. The van der Waals surface area contributed by atoms with Gasteiger partial charge in [-0.1, -0.05) is 20.4 Å². The van der Waals surface area contributed by atoms with Gasteiger partial charge in [-0.05, 0) is 31.8 Å². The van der Waals surface area contributed by atoms with Crippen molar-refractivity contribution in [2.24, 2.45) is 10.9 Å². The van der Waals surface area contributed by atoms with Gasteiger partial charge in [-0.2, -0.15) is 0 Å². The van der Waals surface area contributed by atoms with E-state index in [2.05, 4.69) is 32.3 Å². The topological polar surface area (TPSA) is 12.4 Å². The molecular formula is C10H19N. The van der Waals surface area contributed by atoms with Crippen molar-refractivity contribution < 1.29 is 0 Å². The molecule has 0 saturated carbocycles. The van der Waals surface area contributed by atoms with Crippen molar-refractivity contribution in [2.75, 3.05) is 0 Å². The predicted octanol–water partition coefficient (Wildman–Crippen LogP) is 3.07. The smallest absolute Gasteiger partial charge is 0.0474 e. The number of rotatable bonds is 4. The van der Waals surface area contributed by atoms with Gasteiger partial charge in [0.15, 0.2) is 0 Å². The van der Waals surface area contributed by atoms with Crippen molar-refractivity contribution in [2.45, 2.75) is 40.2 Å². The summed E-state index contributed by atoms with van der Waals surface area (Å²) < 4.78 is 0. The Kier molecular flexibility index (Phi) is 4.84. The molecule has 0 bridgehead atoms. The molecule has 0 aliphatic heterocycles. The second kappa shape index (κ2) is 5.11. The molecule has 0 heterocycles. The molecule has 0 aromatic carbocycles. The number of hydrogen-bond acceptors (Lipinski definition) is 1. The van der Waals surface area contributed by atoms with E-state index in [0.29, 0.717) is 6.04 Å². The second-order valence-electron chi connectivity index (χ2n) is 3.60. The predicted molar refractivity (Wildman–Crippen MR) is 52.2 cm³/mol. The van der Waals surface area contributed by atoms with E-state index in [1.807, 2.05) is 13.1 Å². The lowest BCUT2D eigenvalue weighted by molar-refractivity contribution is 0.522. The maximum atomic E-state index is 4.34. The highest BCUT2D eigenvalue weighted by Crippen LogP contribution is 2.06. The van der Waals surface area contributed by atoms with E-state index in [1.54, 1.807) is 0 Å². The summed E-state index contributed by atoms with van der Waals surface area (Å²) >= 11 is 0. The van der Waals surface area contributed by atoms with Crippen LogP contribution in [0, 0.1) is 5.92 Å². The zero-order valence-electron chi connectivity index (χ0n) is 8.09. The molecule has 0 rings (SSSR count). The highest BCUT2D eigenvalue weighted by molar-refractivity contribution is 5.76. The fraction of sp³-hybridized carbons (Fsp3) is 0.700. The Balaban J connectivity index is 3.68. The minimum absolute atomic E-state index is 0.437. The molecule has 1 atom stereocenters. The maximum Gasteiger partial charge on any atom is 0.0474 e. The molecule has 0 saturated heterocycles. The van der Waals surface area contributed by atoms with Crippen molar-refractivity contribution >= 4 is 6.21 Å². The number of hydrogen-bond donors (Lipinski definition) is 0. The van der Waals surface area contributed by atoms with Crippen LogP contribution in [0.2, 0.25) is 0 Å². The molecule has 0 spiro atoms. The van der Waals surface area contributed by atoms with Crippen molar-refractivity contribution in [3.63, 3.8) is 0 Å². The fourth-order valence-corrected chi connectivity index (χ4v) is 0.998. The van der Waals surface area contributed by atoms with Crippen molar-refractivity contribution in [1.82, 2.24) is 0 Å². The quantitative estimate of drug-likeness (QED) is 0.550. The monoisotopic (exact) mass is 153 g/mol. The van der Waals surface area contributed by atoms with Crippen LogP contribution >= 0.6 is 0 Å². The normalized spacial score (nSPS) is 14.3. The van der Waals surface area contributed by atoms with Gasteiger partial charge in [0.2, 0.25) is 0 Å². The minimum atomic E-state index is 0.437. The van der Waals surface area contributed by atoms with Crippen LogP contribution in [0.5, 0.6) is 0 Å². The summed E-state index contributed by atoms with van der Waals surface area (Å²) in [6.45, 7) is 12.3. The molecule has 0 aliphatic carbocycles. The van der Waals surface area contributed by atoms with Crippen molar-refractivity contribution in [3.05, 3.63) is 12.2 Å². The van der Waals surface area contributed by atoms with Crippen LogP contribution in [0.1, 0.15) is 34.1 Å². The van der Waals surface area contributed by atoms with Gasteiger partial charge in [0.1, 0.15) is 0 Å². The van der Waals surface area contributed by atoms with Gasteiger partial charge in [-0.15, -0.1) is 0 Å². The largest absolute Gasteiger partial charge is 0.290 e. The van der Waals surface area contributed by atoms with Crippen LogP contribution < -0.4 is 0 Å². The van der Waals surface area contributed by atoms with Crippen molar-refractivity contribution in [1.29, 1.82) is 0 Å². The molecule has 0 aromatic rings. The summed E-state index contributed by atoms with van der Waals surface area (Å²) in [6, 6.07) is 0.437. The zero-order chi connectivity index (χ0) is 8.85. The van der Waals surface area contributed by atoms with Gasteiger partial charge in [0.25, 0.3) is 0 Å². The fourth-order valence-electron chi connectivity index (χ4n) is 0.998. The minimum Gasteiger partial charge on any atom is -0.290 e. The zero-order valence-corrected chi connectivity index (χ0v) is 8.09. The van der Waals surface area contributed by atoms with Crippen LogP contribution in [-0.2, 0) is 0 Å². The molecule has 0 amide bonds. The third-order valence-electron chi connectivity index (χ3n) is 1.36. The number of aliphatic imine (C=N–C) groups is 1. The van der Waals surface area contributed by atoms with Gasteiger partial charge >= 0.3 is 0 Å². The molecule has 0 aromatic heterocycles. The Morgan fingerprint density at radius 1 is 1.45 bits per heavy atom. The van der Waals surface area contributed by atoms with E-state index < -0.39 is 0 Å². The summed E-state index contributed by atoms with van der Waals surface area (Å²) in [6.07, 6.45) is 3.01. The molecule has 0 aliphatic rings. The van der Waals surface area contributed by atoms with Crippen LogP contribution in [0.15, 0.2) is 17.1 Å². The van der Waals surface area contributed by atoms with Crippen LogP contribution in [0.4, 0.5) is 0 Å².